The maximum absolute atomic E-state index is 11.9. The molecule has 5 heteroatoms. The Balaban J connectivity index is 1.75. The Morgan fingerprint density at radius 1 is 1.29 bits per heavy atom. The average molecular weight is 287 g/mol. The van der Waals surface area contributed by atoms with Crippen LogP contribution >= 0.6 is 0 Å². The van der Waals surface area contributed by atoms with Crippen molar-refractivity contribution in [3.05, 3.63) is 47.9 Å². The highest BCUT2D eigenvalue weighted by molar-refractivity contribution is 5.90. The molecular weight excluding hydrogens is 266 g/mol. The van der Waals surface area contributed by atoms with E-state index in [-0.39, 0.29) is 5.91 Å². The van der Waals surface area contributed by atoms with Crippen LogP contribution in [-0.2, 0) is 11.3 Å². The van der Waals surface area contributed by atoms with E-state index in [2.05, 4.69) is 10.2 Å². The first-order valence-electron chi connectivity index (χ1n) is 6.91. The van der Waals surface area contributed by atoms with Crippen molar-refractivity contribution >= 4 is 17.3 Å². The van der Waals surface area contributed by atoms with Crippen LogP contribution in [0.2, 0.25) is 0 Å². The number of benzene rings is 1. The predicted molar refractivity (Wildman–Crippen MR) is 83.9 cm³/mol. The molecule has 0 aliphatic heterocycles. The molecule has 1 heterocycles. The highest BCUT2D eigenvalue weighted by Crippen LogP contribution is 2.12. The van der Waals surface area contributed by atoms with Crippen LogP contribution in [0.1, 0.15) is 17.7 Å². The van der Waals surface area contributed by atoms with Gasteiger partial charge >= 0.3 is 0 Å². The van der Waals surface area contributed by atoms with Crippen molar-refractivity contribution in [1.82, 2.24) is 4.90 Å². The summed E-state index contributed by atoms with van der Waals surface area (Å²) in [6.07, 6.45) is 2.13. The third-order valence-electron chi connectivity index (χ3n) is 3.32. The average Bonchev–Trinajstić information content (AvgIpc) is 2.85. The van der Waals surface area contributed by atoms with Crippen LogP contribution in [0.3, 0.4) is 0 Å². The molecule has 0 atom stereocenters. The number of carbonyl (C=O) groups is 1. The fourth-order valence-electron chi connectivity index (χ4n) is 2.03. The molecule has 5 nitrogen and oxygen atoms in total. The molecule has 0 saturated carbocycles. The number of amides is 1. The number of anilines is 2. The van der Waals surface area contributed by atoms with Crippen LogP contribution in [0.5, 0.6) is 0 Å². The minimum Gasteiger partial charge on any atom is -0.469 e. The lowest BCUT2D eigenvalue weighted by atomic mass is 10.2. The van der Waals surface area contributed by atoms with Gasteiger partial charge in [0.05, 0.1) is 6.26 Å². The van der Waals surface area contributed by atoms with Gasteiger partial charge in [-0.05, 0) is 44.3 Å². The van der Waals surface area contributed by atoms with Gasteiger partial charge < -0.3 is 20.4 Å². The van der Waals surface area contributed by atoms with Crippen LogP contribution in [0.4, 0.5) is 11.4 Å². The maximum atomic E-state index is 11.9. The molecule has 0 saturated heterocycles. The number of nitrogens with two attached hydrogens (primary N) is 1. The summed E-state index contributed by atoms with van der Waals surface area (Å²) in [6, 6.07) is 9.09. The van der Waals surface area contributed by atoms with Gasteiger partial charge in [0.1, 0.15) is 5.76 Å². The van der Waals surface area contributed by atoms with Gasteiger partial charge in [-0.15, -0.1) is 0 Å². The van der Waals surface area contributed by atoms with Crippen molar-refractivity contribution in [2.24, 2.45) is 0 Å². The van der Waals surface area contributed by atoms with Crippen molar-refractivity contribution in [2.75, 3.05) is 24.6 Å². The molecular formula is C16H21N3O2. The third kappa shape index (κ3) is 4.65. The summed E-state index contributed by atoms with van der Waals surface area (Å²) < 4.78 is 5.26. The third-order valence-corrected chi connectivity index (χ3v) is 3.32. The van der Waals surface area contributed by atoms with Gasteiger partial charge in [0.25, 0.3) is 0 Å². The fraction of sp³-hybridized carbons (Fsp3) is 0.312. The Morgan fingerprint density at radius 2 is 2.00 bits per heavy atom. The zero-order valence-corrected chi connectivity index (χ0v) is 12.4. The normalized spacial score (nSPS) is 10.8. The predicted octanol–water partition coefficient (Wildman–Crippen LogP) is 2.63. The highest BCUT2D eigenvalue weighted by Gasteiger charge is 2.08. The summed E-state index contributed by atoms with van der Waals surface area (Å²) in [5.41, 5.74) is 8.20. The molecule has 1 amide bonds. The number of hydrogen-bond donors (Lipinski definition) is 2. The number of nitrogens with one attached hydrogen (secondary N) is 1. The number of rotatable bonds is 6. The van der Waals surface area contributed by atoms with Gasteiger partial charge in [-0.1, -0.05) is 0 Å². The number of aryl methyl sites for hydroxylation is 1. The first-order valence-corrected chi connectivity index (χ1v) is 6.91. The highest BCUT2D eigenvalue weighted by atomic mass is 16.3. The van der Waals surface area contributed by atoms with Crippen LogP contribution < -0.4 is 11.1 Å². The van der Waals surface area contributed by atoms with Crippen molar-refractivity contribution in [3.63, 3.8) is 0 Å². The Labute approximate surface area is 124 Å². The summed E-state index contributed by atoms with van der Waals surface area (Å²) in [5.74, 6) is 0.920. The first-order chi connectivity index (χ1) is 10.0. The minimum absolute atomic E-state index is 0.00413. The number of hydrogen-bond acceptors (Lipinski definition) is 4. The van der Waals surface area contributed by atoms with Gasteiger partial charge in [0, 0.05) is 36.4 Å². The molecule has 0 aliphatic carbocycles. The molecule has 0 fully saturated rings. The zero-order chi connectivity index (χ0) is 15.2. The van der Waals surface area contributed by atoms with E-state index >= 15 is 0 Å². The van der Waals surface area contributed by atoms with E-state index in [1.165, 1.54) is 0 Å². The Kier molecular flexibility index (Phi) is 5.00. The van der Waals surface area contributed by atoms with E-state index in [0.717, 1.165) is 23.6 Å². The van der Waals surface area contributed by atoms with Crippen molar-refractivity contribution in [3.8, 4) is 0 Å². The second kappa shape index (κ2) is 6.95. The summed E-state index contributed by atoms with van der Waals surface area (Å²) in [7, 11) is 1.99. The van der Waals surface area contributed by atoms with Crippen LogP contribution in [-0.4, -0.2) is 24.4 Å². The molecule has 112 valence electrons. The van der Waals surface area contributed by atoms with E-state index in [4.69, 9.17) is 10.2 Å². The lowest BCUT2D eigenvalue weighted by Gasteiger charge is -2.15. The number of carbonyl (C=O) groups excluding carboxylic acids is 1. The van der Waals surface area contributed by atoms with E-state index in [9.17, 15) is 4.79 Å². The molecule has 1 aromatic carbocycles. The Bertz CT molecular complexity index is 590. The minimum atomic E-state index is -0.00413. The molecule has 0 radical (unpaired) electrons. The fourth-order valence-corrected chi connectivity index (χ4v) is 2.03. The summed E-state index contributed by atoms with van der Waals surface area (Å²) in [4.78, 5) is 14.0. The van der Waals surface area contributed by atoms with Gasteiger partial charge in [-0.25, -0.2) is 0 Å². The molecule has 21 heavy (non-hydrogen) atoms. The lowest BCUT2D eigenvalue weighted by molar-refractivity contribution is -0.116. The molecule has 0 aliphatic rings. The summed E-state index contributed by atoms with van der Waals surface area (Å²) in [5, 5.41) is 2.86. The van der Waals surface area contributed by atoms with Crippen LogP contribution in [0.15, 0.2) is 41.0 Å². The van der Waals surface area contributed by atoms with Gasteiger partial charge in [0.15, 0.2) is 0 Å². The van der Waals surface area contributed by atoms with Crippen molar-refractivity contribution < 1.29 is 9.21 Å². The zero-order valence-electron chi connectivity index (χ0n) is 12.4. The van der Waals surface area contributed by atoms with Crippen molar-refractivity contribution in [1.29, 1.82) is 0 Å². The molecule has 1 aromatic heterocycles. The van der Waals surface area contributed by atoms with Crippen molar-refractivity contribution in [2.45, 2.75) is 19.9 Å². The molecule has 2 aromatic rings. The lowest BCUT2D eigenvalue weighted by Crippen LogP contribution is -2.24. The smallest absolute Gasteiger partial charge is 0.225 e. The van der Waals surface area contributed by atoms with Crippen LogP contribution in [0.25, 0.3) is 0 Å². The maximum Gasteiger partial charge on any atom is 0.225 e. The number of nitrogens with zero attached hydrogens (tertiary/aromatic N) is 1. The Morgan fingerprint density at radius 3 is 2.62 bits per heavy atom. The van der Waals surface area contributed by atoms with Crippen LogP contribution in [0, 0.1) is 6.92 Å². The molecule has 3 N–H and O–H groups in total. The van der Waals surface area contributed by atoms with Gasteiger partial charge in [-0.2, -0.15) is 0 Å². The summed E-state index contributed by atoms with van der Waals surface area (Å²) in [6.45, 7) is 3.40. The quantitative estimate of drug-likeness (QED) is 0.801. The second-order valence-corrected chi connectivity index (χ2v) is 5.16. The van der Waals surface area contributed by atoms with E-state index in [1.54, 1.807) is 30.5 Å². The molecule has 0 bridgehead atoms. The summed E-state index contributed by atoms with van der Waals surface area (Å²) >= 11 is 0. The number of nitrogen functional groups attached to an aromatic ring is 1. The number of furan rings is 1. The second-order valence-electron chi connectivity index (χ2n) is 5.16. The largest absolute Gasteiger partial charge is 0.469 e. The molecule has 0 unspecified atom stereocenters. The standard InChI is InChI=1S/C16H21N3O2/c1-12-13(8-10-21-12)11-19(2)9-7-16(20)18-15-5-3-14(17)4-6-15/h3-6,8,10H,7,9,11,17H2,1-2H3,(H,18,20). The topological polar surface area (TPSA) is 71.5 Å². The van der Waals surface area contributed by atoms with Gasteiger partial charge in [0.2, 0.25) is 5.91 Å². The SMILES string of the molecule is Cc1occc1CN(C)CCC(=O)Nc1ccc(N)cc1. The van der Waals surface area contributed by atoms with Gasteiger partial charge in [-0.3, -0.25) is 4.79 Å². The van der Waals surface area contributed by atoms with E-state index < -0.39 is 0 Å². The first kappa shape index (κ1) is 15.1. The Hall–Kier alpha value is -2.27. The molecule has 2 rings (SSSR count). The molecule has 0 spiro atoms. The van der Waals surface area contributed by atoms with E-state index in [1.807, 2.05) is 20.0 Å². The monoisotopic (exact) mass is 287 g/mol. The van der Waals surface area contributed by atoms with E-state index in [0.29, 0.717) is 18.7 Å².